The minimum absolute atomic E-state index is 0.155. The molecule has 3 heterocycles. The van der Waals surface area contributed by atoms with Gasteiger partial charge in [-0.1, -0.05) is 28.1 Å². The Morgan fingerprint density at radius 3 is 2.81 bits per heavy atom. The molecule has 1 fully saturated rings. The second-order valence-electron chi connectivity index (χ2n) is 6.83. The summed E-state index contributed by atoms with van der Waals surface area (Å²) in [6.45, 7) is 1.85. The van der Waals surface area contributed by atoms with Crippen LogP contribution >= 0.6 is 15.9 Å². The van der Waals surface area contributed by atoms with Crippen molar-refractivity contribution in [1.82, 2.24) is 20.3 Å². The van der Waals surface area contributed by atoms with Crippen molar-refractivity contribution in [2.24, 2.45) is 0 Å². The average molecular weight is 424 g/mol. The van der Waals surface area contributed by atoms with E-state index in [1.165, 1.54) is 0 Å². The Hall–Kier alpha value is -2.64. The van der Waals surface area contributed by atoms with Crippen LogP contribution in [0.3, 0.4) is 0 Å². The molecule has 0 radical (unpaired) electrons. The highest BCUT2D eigenvalue weighted by atomic mass is 79.9. The number of aromatic nitrogens is 3. The van der Waals surface area contributed by atoms with Crippen molar-refractivity contribution in [3.05, 3.63) is 57.3 Å². The largest absolute Gasteiger partial charge is 0.380 e. The van der Waals surface area contributed by atoms with E-state index in [9.17, 15) is 4.79 Å². The van der Waals surface area contributed by atoms with Crippen molar-refractivity contribution in [2.75, 3.05) is 18.4 Å². The average Bonchev–Trinajstić information content (AvgIpc) is 3.31. The number of pyridine rings is 1. The minimum atomic E-state index is -0.155. The van der Waals surface area contributed by atoms with Crippen molar-refractivity contribution in [2.45, 2.75) is 12.5 Å². The van der Waals surface area contributed by atoms with Gasteiger partial charge in [-0.3, -0.25) is 4.79 Å². The number of aromatic amines is 2. The molecule has 2 aromatic heterocycles. The van der Waals surface area contributed by atoms with Crippen molar-refractivity contribution in [3.8, 4) is 11.4 Å². The normalized spacial score (nSPS) is 17.0. The molecule has 1 saturated heterocycles. The smallest absolute Gasteiger partial charge is 0.261 e. The highest BCUT2D eigenvalue weighted by molar-refractivity contribution is 9.10. The number of benzene rings is 2. The molecule has 27 heavy (non-hydrogen) atoms. The molecule has 0 bridgehead atoms. The zero-order valence-corrected chi connectivity index (χ0v) is 16.1. The minimum Gasteiger partial charge on any atom is -0.380 e. The van der Waals surface area contributed by atoms with Gasteiger partial charge in [-0.15, -0.1) is 0 Å². The van der Waals surface area contributed by atoms with E-state index < -0.39 is 0 Å². The van der Waals surface area contributed by atoms with Crippen LogP contribution in [0.1, 0.15) is 6.42 Å². The lowest BCUT2D eigenvalue weighted by molar-refractivity contribution is 0.794. The Morgan fingerprint density at radius 2 is 2.00 bits per heavy atom. The Morgan fingerprint density at radius 1 is 1.11 bits per heavy atom. The molecule has 0 unspecified atom stereocenters. The van der Waals surface area contributed by atoms with Crippen LogP contribution in [0, 0.1) is 0 Å². The monoisotopic (exact) mass is 423 g/mol. The van der Waals surface area contributed by atoms with Gasteiger partial charge in [-0.05, 0) is 43.3 Å². The van der Waals surface area contributed by atoms with E-state index in [-0.39, 0.29) is 11.6 Å². The van der Waals surface area contributed by atoms with Crippen molar-refractivity contribution < 1.29 is 0 Å². The maximum absolute atomic E-state index is 13.0. The van der Waals surface area contributed by atoms with Crippen LogP contribution in [0.2, 0.25) is 0 Å². The Bertz CT molecular complexity index is 1170. The lowest BCUT2D eigenvalue weighted by atomic mass is 10.1. The van der Waals surface area contributed by atoms with Crippen molar-refractivity contribution in [1.29, 1.82) is 0 Å². The summed E-state index contributed by atoms with van der Waals surface area (Å²) in [4.78, 5) is 24.0. The highest BCUT2D eigenvalue weighted by Crippen LogP contribution is 2.33. The van der Waals surface area contributed by atoms with E-state index in [1.54, 1.807) is 0 Å². The SMILES string of the molecule is O=c1[nH]c2ccc(Br)cc2c(N[C@@H]2CCNC2)c1-c1nc2ccccc2[nH]1. The molecule has 0 spiro atoms. The van der Waals surface area contributed by atoms with E-state index in [2.05, 4.69) is 41.5 Å². The molecule has 4 aromatic rings. The van der Waals surface area contributed by atoms with Gasteiger partial charge in [-0.2, -0.15) is 0 Å². The zero-order valence-electron chi connectivity index (χ0n) is 14.5. The summed E-state index contributed by atoms with van der Waals surface area (Å²) in [5.41, 5.74) is 3.77. The van der Waals surface area contributed by atoms with Crippen molar-refractivity contribution in [3.63, 3.8) is 0 Å². The number of nitrogens with one attached hydrogen (secondary N) is 4. The lowest BCUT2D eigenvalue weighted by Crippen LogP contribution is -2.24. The van der Waals surface area contributed by atoms with Crippen LogP contribution in [0.5, 0.6) is 0 Å². The Balaban J connectivity index is 1.78. The van der Waals surface area contributed by atoms with Gasteiger partial charge in [0.1, 0.15) is 11.4 Å². The van der Waals surface area contributed by atoms with Crippen LogP contribution in [-0.2, 0) is 0 Å². The maximum atomic E-state index is 13.0. The maximum Gasteiger partial charge on any atom is 0.261 e. The number of hydrogen-bond donors (Lipinski definition) is 4. The number of hydrogen-bond acceptors (Lipinski definition) is 4. The standard InChI is InChI=1S/C20H18BrN5O/c21-11-5-6-14-13(9-11)18(23-12-7-8-22-10-12)17(20(27)26-14)19-24-15-3-1-2-4-16(15)25-19/h1-6,9,12,22H,7-8,10H2,(H,24,25)(H2,23,26,27)/t12-/m1/s1. The molecule has 0 amide bonds. The number of rotatable bonds is 3. The first-order chi connectivity index (χ1) is 13.2. The quantitative estimate of drug-likeness (QED) is 0.405. The molecule has 1 aliphatic rings. The third kappa shape index (κ3) is 2.93. The molecule has 0 saturated carbocycles. The van der Waals surface area contributed by atoms with Crippen LogP contribution in [0.25, 0.3) is 33.3 Å². The summed E-state index contributed by atoms with van der Waals surface area (Å²) in [5.74, 6) is 0.577. The van der Waals surface area contributed by atoms with E-state index >= 15 is 0 Å². The first kappa shape index (κ1) is 16.5. The second-order valence-corrected chi connectivity index (χ2v) is 7.75. The zero-order chi connectivity index (χ0) is 18.4. The highest BCUT2D eigenvalue weighted by Gasteiger charge is 2.22. The first-order valence-corrected chi connectivity index (χ1v) is 9.76. The molecule has 7 heteroatoms. The number of imidazole rings is 1. The van der Waals surface area contributed by atoms with Crippen LogP contribution in [0.4, 0.5) is 5.69 Å². The number of anilines is 1. The van der Waals surface area contributed by atoms with Crippen LogP contribution < -0.4 is 16.2 Å². The van der Waals surface area contributed by atoms with E-state index in [0.717, 1.165) is 51.6 Å². The number of halogens is 1. The molecule has 5 rings (SSSR count). The number of H-pyrrole nitrogens is 2. The van der Waals surface area contributed by atoms with Gasteiger partial charge in [0.25, 0.3) is 5.56 Å². The van der Waals surface area contributed by atoms with Gasteiger partial charge in [0.2, 0.25) is 0 Å². The molecule has 1 aliphatic heterocycles. The van der Waals surface area contributed by atoms with Gasteiger partial charge < -0.3 is 20.6 Å². The number of para-hydroxylation sites is 2. The molecular weight excluding hydrogens is 406 g/mol. The third-order valence-corrected chi connectivity index (χ3v) is 5.50. The van der Waals surface area contributed by atoms with Crippen LogP contribution in [-0.4, -0.2) is 34.1 Å². The van der Waals surface area contributed by atoms with Gasteiger partial charge >= 0.3 is 0 Å². The molecule has 136 valence electrons. The summed E-state index contributed by atoms with van der Waals surface area (Å²) < 4.78 is 0.963. The summed E-state index contributed by atoms with van der Waals surface area (Å²) >= 11 is 3.55. The molecule has 6 nitrogen and oxygen atoms in total. The van der Waals surface area contributed by atoms with Gasteiger partial charge in [0, 0.05) is 22.4 Å². The molecule has 4 N–H and O–H groups in total. The van der Waals surface area contributed by atoms with Gasteiger partial charge in [0.05, 0.1) is 22.2 Å². The predicted molar refractivity (Wildman–Crippen MR) is 112 cm³/mol. The van der Waals surface area contributed by atoms with Gasteiger partial charge in [-0.25, -0.2) is 4.98 Å². The fraction of sp³-hybridized carbons (Fsp3) is 0.200. The third-order valence-electron chi connectivity index (χ3n) is 5.01. The molecule has 1 atom stereocenters. The van der Waals surface area contributed by atoms with Gasteiger partial charge in [0.15, 0.2) is 0 Å². The topological polar surface area (TPSA) is 85.6 Å². The summed E-state index contributed by atoms with van der Waals surface area (Å²) in [5, 5.41) is 7.93. The summed E-state index contributed by atoms with van der Waals surface area (Å²) in [6.07, 6.45) is 1.02. The van der Waals surface area contributed by atoms with Crippen molar-refractivity contribution >= 4 is 43.6 Å². The fourth-order valence-corrected chi connectivity index (χ4v) is 4.06. The summed E-state index contributed by atoms with van der Waals surface area (Å²) in [6, 6.07) is 14.0. The number of nitrogens with zero attached hydrogens (tertiary/aromatic N) is 1. The van der Waals surface area contributed by atoms with E-state index in [1.807, 2.05) is 42.5 Å². The van der Waals surface area contributed by atoms with E-state index in [4.69, 9.17) is 0 Å². The second kappa shape index (κ2) is 6.51. The Labute approximate surface area is 163 Å². The first-order valence-electron chi connectivity index (χ1n) is 8.97. The predicted octanol–water partition coefficient (Wildman–Crippen LogP) is 3.61. The summed E-state index contributed by atoms with van der Waals surface area (Å²) in [7, 11) is 0. The molecular formula is C20H18BrN5O. The molecule has 2 aromatic carbocycles. The number of fused-ring (bicyclic) bond motifs is 2. The van der Waals surface area contributed by atoms with Crippen LogP contribution in [0.15, 0.2) is 51.7 Å². The fourth-order valence-electron chi connectivity index (χ4n) is 3.69. The van der Waals surface area contributed by atoms with E-state index in [0.29, 0.717) is 11.4 Å². The Kier molecular flexibility index (Phi) is 3.98. The molecule has 0 aliphatic carbocycles. The lowest BCUT2D eigenvalue weighted by Gasteiger charge is -2.18.